The van der Waals surface area contributed by atoms with Crippen LogP contribution >= 0.6 is 0 Å². The van der Waals surface area contributed by atoms with Crippen molar-refractivity contribution in [3.05, 3.63) is 12.2 Å². The Kier molecular flexibility index (Phi) is 34.9. The lowest BCUT2D eigenvalue weighted by atomic mass is 10.0. The first-order valence-electron chi connectivity index (χ1n) is 19.6. The summed E-state index contributed by atoms with van der Waals surface area (Å²) >= 11 is 0. The Morgan fingerprint density at radius 3 is 1.12 bits per heavy atom. The van der Waals surface area contributed by atoms with E-state index in [2.05, 4.69) is 46.8 Å². The maximum absolute atomic E-state index is 6.41. The van der Waals surface area contributed by atoms with Crippen molar-refractivity contribution in [2.75, 3.05) is 13.2 Å². The second-order valence-corrected chi connectivity index (χ2v) is 13.4. The Morgan fingerprint density at radius 1 is 0.381 bits per heavy atom. The highest BCUT2D eigenvalue weighted by Gasteiger charge is 2.16. The van der Waals surface area contributed by atoms with Gasteiger partial charge in [0.1, 0.15) is 0 Å². The van der Waals surface area contributed by atoms with Crippen LogP contribution in [-0.4, -0.2) is 19.5 Å². The topological polar surface area (TPSA) is 18.5 Å². The van der Waals surface area contributed by atoms with Crippen LogP contribution in [0.2, 0.25) is 0 Å². The van der Waals surface area contributed by atoms with Gasteiger partial charge in [-0.1, -0.05) is 175 Å². The Labute approximate surface area is 267 Å². The molecule has 42 heavy (non-hydrogen) atoms. The molecule has 2 unspecified atom stereocenters. The van der Waals surface area contributed by atoms with Crippen molar-refractivity contribution in [2.24, 2.45) is 11.8 Å². The highest BCUT2D eigenvalue weighted by atomic mass is 16.7. The number of unbranched alkanes of at least 4 members (excludes halogenated alkanes) is 19. The number of hydrogen-bond acceptors (Lipinski definition) is 2. The zero-order chi connectivity index (χ0) is 30.8. The Hall–Kier alpha value is -0.340. The highest BCUT2D eigenvalue weighted by Crippen LogP contribution is 2.20. The lowest BCUT2D eigenvalue weighted by Gasteiger charge is -2.24. The first-order chi connectivity index (χ1) is 20.7. The summed E-state index contributed by atoms with van der Waals surface area (Å²) in [7, 11) is 0. The third-order valence-electron chi connectivity index (χ3n) is 9.32. The van der Waals surface area contributed by atoms with E-state index in [-0.39, 0.29) is 6.29 Å². The fourth-order valence-corrected chi connectivity index (χ4v) is 5.94. The van der Waals surface area contributed by atoms with Gasteiger partial charge in [-0.15, -0.1) is 0 Å². The molecule has 0 rings (SSSR count). The van der Waals surface area contributed by atoms with Crippen molar-refractivity contribution in [1.82, 2.24) is 0 Å². The van der Waals surface area contributed by atoms with Gasteiger partial charge in [0.25, 0.3) is 0 Å². The second kappa shape index (κ2) is 35.1. The third-order valence-corrected chi connectivity index (χ3v) is 9.32. The predicted molar refractivity (Wildman–Crippen MR) is 189 cm³/mol. The Balaban J connectivity index is 3.86. The van der Waals surface area contributed by atoms with Crippen molar-refractivity contribution in [2.45, 2.75) is 221 Å². The minimum absolute atomic E-state index is 0.00438. The van der Waals surface area contributed by atoms with Gasteiger partial charge in [-0.25, -0.2) is 0 Å². The summed E-state index contributed by atoms with van der Waals surface area (Å²) in [6, 6.07) is 0. The molecule has 0 aromatic carbocycles. The lowest BCUT2D eigenvalue weighted by Crippen LogP contribution is -2.24. The van der Waals surface area contributed by atoms with E-state index in [9.17, 15) is 0 Å². The molecule has 0 bridgehead atoms. The molecule has 0 aliphatic rings. The molecule has 0 aliphatic carbocycles. The van der Waals surface area contributed by atoms with Crippen LogP contribution in [0.1, 0.15) is 214 Å². The molecule has 0 aliphatic heterocycles. The average Bonchev–Trinajstić information content (AvgIpc) is 3.01. The molecule has 0 saturated heterocycles. The first-order valence-corrected chi connectivity index (χ1v) is 19.6. The molecule has 0 aromatic heterocycles. The van der Waals surface area contributed by atoms with Crippen LogP contribution in [0.25, 0.3) is 0 Å². The summed E-state index contributed by atoms with van der Waals surface area (Å²) in [5.74, 6) is 1.38. The largest absolute Gasteiger partial charge is 0.352 e. The quantitative estimate of drug-likeness (QED) is 0.0414. The van der Waals surface area contributed by atoms with E-state index in [0.717, 1.165) is 19.6 Å². The monoisotopic (exact) mass is 593 g/mol. The van der Waals surface area contributed by atoms with E-state index in [1.165, 1.54) is 173 Å². The fraction of sp³-hybridized carbons (Fsp3) is 0.950. The molecule has 0 spiro atoms. The molecule has 0 amide bonds. The normalized spacial score (nSPS) is 14.1. The van der Waals surface area contributed by atoms with Crippen LogP contribution in [0.4, 0.5) is 0 Å². The van der Waals surface area contributed by atoms with E-state index in [0.29, 0.717) is 11.8 Å². The summed E-state index contributed by atoms with van der Waals surface area (Å²) in [6.45, 7) is 13.3. The summed E-state index contributed by atoms with van der Waals surface area (Å²) in [4.78, 5) is 0. The van der Waals surface area contributed by atoms with Crippen LogP contribution in [0.3, 0.4) is 0 Å². The van der Waals surface area contributed by atoms with Crippen molar-refractivity contribution in [1.29, 1.82) is 0 Å². The van der Waals surface area contributed by atoms with Gasteiger partial charge in [0, 0.05) is 0 Å². The second-order valence-electron chi connectivity index (χ2n) is 13.4. The van der Waals surface area contributed by atoms with Crippen molar-refractivity contribution in [3.8, 4) is 0 Å². The molecule has 0 fully saturated rings. The Bertz CT molecular complexity index is 496. The molecular weight excluding hydrogens is 512 g/mol. The minimum Gasteiger partial charge on any atom is -0.352 e. The molecular formula is C40H80O2. The standard InChI is InChI=1S/C40H80O2/c1-6-11-14-15-16-17-18-19-20-21-22-23-24-25-26-27-28-29-30-31-32-35-40(41-36-38(9-4)33-12-7-2)42-37-39(10-5)34-13-8-3/h22-23,38-40H,6-21,24-37H2,1-5H3. The summed E-state index contributed by atoms with van der Waals surface area (Å²) in [5.41, 5.74) is 0. The number of rotatable bonds is 35. The van der Waals surface area contributed by atoms with Crippen molar-refractivity contribution < 1.29 is 9.47 Å². The van der Waals surface area contributed by atoms with Crippen LogP contribution in [-0.2, 0) is 9.47 Å². The van der Waals surface area contributed by atoms with Gasteiger partial charge in [-0.2, -0.15) is 0 Å². The predicted octanol–water partition coefficient (Wildman–Crippen LogP) is 14.2. The van der Waals surface area contributed by atoms with Gasteiger partial charge in [-0.05, 0) is 63.2 Å². The van der Waals surface area contributed by atoms with E-state index < -0.39 is 0 Å². The molecule has 0 saturated carbocycles. The average molecular weight is 593 g/mol. The molecule has 252 valence electrons. The van der Waals surface area contributed by atoms with Crippen molar-refractivity contribution >= 4 is 0 Å². The fourth-order valence-electron chi connectivity index (χ4n) is 5.94. The summed E-state index contributed by atoms with van der Waals surface area (Å²) in [5, 5.41) is 0. The molecule has 0 aromatic rings. The van der Waals surface area contributed by atoms with E-state index >= 15 is 0 Å². The van der Waals surface area contributed by atoms with Crippen molar-refractivity contribution in [3.63, 3.8) is 0 Å². The van der Waals surface area contributed by atoms with Crippen LogP contribution in [0.15, 0.2) is 12.2 Å². The summed E-state index contributed by atoms with van der Waals surface area (Å²) in [6.07, 6.45) is 42.5. The summed E-state index contributed by atoms with van der Waals surface area (Å²) < 4.78 is 12.8. The molecule has 2 atom stereocenters. The molecule has 2 heteroatoms. The Morgan fingerprint density at radius 2 is 0.738 bits per heavy atom. The van der Waals surface area contributed by atoms with Gasteiger partial charge < -0.3 is 9.47 Å². The molecule has 0 N–H and O–H groups in total. The van der Waals surface area contributed by atoms with Gasteiger partial charge in [0.2, 0.25) is 0 Å². The first kappa shape index (κ1) is 41.7. The molecule has 0 radical (unpaired) electrons. The van der Waals surface area contributed by atoms with Gasteiger partial charge in [0.05, 0.1) is 13.2 Å². The SMILES string of the molecule is CCCCCCCCCCCC=CCCCCCCCCCCC(OCC(CC)CCCC)OCC(CC)CCCC. The highest BCUT2D eigenvalue weighted by molar-refractivity contribution is 4.81. The minimum atomic E-state index is 0.00438. The maximum Gasteiger partial charge on any atom is 0.157 e. The zero-order valence-electron chi connectivity index (χ0n) is 29.9. The number of hydrogen-bond donors (Lipinski definition) is 0. The maximum atomic E-state index is 6.41. The van der Waals surface area contributed by atoms with Gasteiger partial charge >= 0.3 is 0 Å². The molecule has 0 heterocycles. The van der Waals surface area contributed by atoms with E-state index in [4.69, 9.17) is 9.47 Å². The van der Waals surface area contributed by atoms with Crippen LogP contribution in [0, 0.1) is 11.8 Å². The molecule has 2 nitrogen and oxygen atoms in total. The van der Waals surface area contributed by atoms with E-state index in [1.54, 1.807) is 0 Å². The van der Waals surface area contributed by atoms with Gasteiger partial charge in [0.15, 0.2) is 6.29 Å². The smallest absolute Gasteiger partial charge is 0.157 e. The van der Waals surface area contributed by atoms with E-state index in [1.807, 2.05) is 0 Å². The lowest BCUT2D eigenvalue weighted by molar-refractivity contribution is -0.162. The van der Waals surface area contributed by atoms with Crippen LogP contribution in [0.5, 0.6) is 0 Å². The zero-order valence-corrected chi connectivity index (χ0v) is 29.9. The number of ether oxygens (including phenoxy) is 2. The van der Waals surface area contributed by atoms with Gasteiger partial charge in [-0.3, -0.25) is 0 Å². The number of allylic oxidation sites excluding steroid dienone is 2. The third kappa shape index (κ3) is 29.7. The van der Waals surface area contributed by atoms with Crippen LogP contribution < -0.4 is 0 Å².